The van der Waals surface area contributed by atoms with Crippen molar-refractivity contribution in [3.8, 4) is 5.75 Å². The molecule has 1 unspecified atom stereocenters. The van der Waals surface area contributed by atoms with Crippen LogP contribution in [0.25, 0.3) is 0 Å². The summed E-state index contributed by atoms with van der Waals surface area (Å²) >= 11 is 0. The fourth-order valence-corrected chi connectivity index (χ4v) is 2.80. The predicted molar refractivity (Wildman–Crippen MR) is 92.7 cm³/mol. The number of nitrogens with one attached hydrogen (secondary N) is 1. The number of rotatable bonds is 5. The Morgan fingerprint density at radius 2 is 2.09 bits per heavy atom. The molecule has 0 aromatic heterocycles. The van der Waals surface area contributed by atoms with Crippen LogP contribution >= 0.6 is 0 Å². The topological polar surface area (TPSA) is 36.9 Å². The van der Waals surface area contributed by atoms with Crippen LogP contribution in [0.3, 0.4) is 0 Å². The lowest BCUT2D eigenvalue weighted by Gasteiger charge is -2.22. The summed E-state index contributed by atoms with van der Waals surface area (Å²) in [6.07, 6.45) is 1.18. The first-order valence-electron chi connectivity index (χ1n) is 8.31. The molecule has 0 aliphatic carbocycles. The van der Waals surface area contributed by atoms with Crippen molar-refractivity contribution in [1.82, 2.24) is 10.2 Å². The molecule has 1 aromatic rings. The number of ether oxygens (including phenoxy) is 1. The molecule has 1 saturated heterocycles. The minimum absolute atomic E-state index is 0.578. The van der Waals surface area contributed by atoms with Crippen molar-refractivity contribution < 1.29 is 4.74 Å². The van der Waals surface area contributed by atoms with Crippen molar-refractivity contribution in [1.29, 1.82) is 0 Å². The highest BCUT2D eigenvalue weighted by Gasteiger charge is 2.26. The molecule has 1 fully saturated rings. The van der Waals surface area contributed by atoms with Gasteiger partial charge in [-0.2, -0.15) is 0 Å². The van der Waals surface area contributed by atoms with E-state index < -0.39 is 0 Å². The maximum Gasteiger partial charge on any atom is 0.193 e. The Kier molecular flexibility index (Phi) is 6.10. The van der Waals surface area contributed by atoms with E-state index in [1.54, 1.807) is 7.11 Å². The molecule has 4 heteroatoms. The first-order valence-corrected chi connectivity index (χ1v) is 8.31. The number of likely N-dealkylation sites (tertiary alicyclic amines) is 1. The zero-order valence-corrected chi connectivity index (χ0v) is 14.3. The van der Waals surface area contributed by atoms with Gasteiger partial charge in [0.2, 0.25) is 0 Å². The molecule has 2 rings (SSSR count). The molecule has 1 aliphatic heterocycles. The second-order valence-electron chi connectivity index (χ2n) is 6.29. The van der Waals surface area contributed by atoms with Crippen LogP contribution in [0.1, 0.15) is 38.7 Å². The average Bonchev–Trinajstić information content (AvgIpc) is 3.01. The van der Waals surface area contributed by atoms with Gasteiger partial charge in [-0.15, -0.1) is 0 Å². The van der Waals surface area contributed by atoms with Gasteiger partial charge in [-0.25, -0.2) is 0 Å². The smallest absolute Gasteiger partial charge is 0.193 e. The molecule has 1 heterocycles. The highest BCUT2D eigenvalue weighted by Crippen LogP contribution is 2.28. The fourth-order valence-electron chi connectivity index (χ4n) is 2.80. The molecule has 1 aliphatic rings. The molecular formula is C18H29N3O. The van der Waals surface area contributed by atoms with Crippen molar-refractivity contribution in [3.05, 3.63) is 29.8 Å². The maximum atomic E-state index is 5.24. The minimum Gasteiger partial charge on any atom is -0.497 e. The van der Waals surface area contributed by atoms with E-state index in [-0.39, 0.29) is 0 Å². The van der Waals surface area contributed by atoms with Crippen LogP contribution in [0.4, 0.5) is 0 Å². The summed E-state index contributed by atoms with van der Waals surface area (Å²) < 4.78 is 5.24. The maximum absolute atomic E-state index is 5.24. The fraction of sp³-hybridized carbons (Fsp3) is 0.611. The summed E-state index contributed by atoms with van der Waals surface area (Å²) in [5, 5.41) is 3.43. The van der Waals surface area contributed by atoms with E-state index >= 15 is 0 Å². The molecule has 0 saturated carbocycles. The summed E-state index contributed by atoms with van der Waals surface area (Å²) in [5.74, 6) is 3.15. The van der Waals surface area contributed by atoms with E-state index in [0.29, 0.717) is 11.8 Å². The van der Waals surface area contributed by atoms with E-state index in [1.807, 2.05) is 0 Å². The Bertz CT molecular complexity index is 482. The Hall–Kier alpha value is -1.71. The van der Waals surface area contributed by atoms with Gasteiger partial charge in [0.05, 0.1) is 7.11 Å². The second-order valence-corrected chi connectivity index (χ2v) is 6.29. The van der Waals surface area contributed by atoms with Crippen LogP contribution < -0.4 is 10.1 Å². The van der Waals surface area contributed by atoms with Crippen LogP contribution in [0.2, 0.25) is 0 Å². The van der Waals surface area contributed by atoms with Gasteiger partial charge in [-0.3, -0.25) is 4.99 Å². The minimum atomic E-state index is 0.578. The Morgan fingerprint density at radius 1 is 1.36 bits per heavy atom. The van der Waals surface area contributed by atoms with Crippen molar-refractivity contribution in [3.63, 3.8) is 0 Å². The number of nitrogens with zero attached hydrogens (tertiary/aromatic N) is 2. The van der Waals surface area contributed by atoms with Gasteiger partial charge >= 0.3 is 0 Å². The lowest BCUT2D eigenvalue weighted by atomic mass is 9.98. The van der Waals surface area contributed by atoms with Crippen LogP contribution in [0.15, 0.2) is 29.3 Å². The Morgan fingerprint density at radius 3 is 2.68 bits per heavy atom. The van der Waals surface area contributed by atoms with Crippen LogP contribution in [0.5, 0.6) is 5.75 Å². The number of methoxy groups -OCH3 is 1. The standard InChI is InChI=1S/C18H29N3O/c1-5-19-18(20-12-14(2)3)21-11-10-16(13-21)15-6-8-17(22-4)9-7-15/h6-9,14,16H,5,10-13H2,1-4H3,(H,19,20). The summed E-state index contributed by atoms with van der Waals surface area (Å²) in [5.41, 5.74) is 1.39. The predicted octanol–water partition coefficient (Wildman–Crippen LogP) is 3.11. The van der Waals surface area contributed by atoms with Gasteiger partial charge in [0.15, 0.2) is 5.96 Å². The van der Waals surface area contributed by atoms with Gasteiger partial charge in [-0.05, 0) is 37.0 Å². The first kappa shape index (κ1) is 16.7. The molecule has 122 valence electrons. The quantitative estimate of drug-likeness (QED) is 0.671. The van der Waals surface area contributed by atoms with Crippen LogP contribution in [-0.4, -0.2) is 44.1 Å². The first-order chi connectivity index (χ1) is 10.6. The lowest BCUT2D eigenvalue weighted by Crippen LogP contribution is -2.40. The summed E-state index contributed by atoms with van der Waals surface area (Å²) in [7, 11) is 1.71. The van der Waals surface area contributed by atoms with Gasteiger partial charge < -0.3 is 15.0 Å². The van der Waals surface area contributed by atoms with E-state index in [9.17, 15) is 0 Å². The lowest BCUT2D eigenvalue weighted by molar-refractivity contribution is 0.414. The van der Waals surface area contributed by atoms with Gasteiger partial charge in [0.1, 0.15) is 5.75 Å². The van der Waals surface area contributed by atoms with Crippen molar-refractivity contribution >= 4 is 5.96 Å². The normalized spacial score (nSPS) is 18.9. The molecular weight excluding hydrogens is 274 g/mol. The van der Waals surface area contributed by atoms with E-state index in [2.05, 4.69) is 55.3 Å². The van der Waals surface area contributed by atoms with Gasteiger partial charge in [-0.1, -0.05) is 26.0 Å². The van der Waals surface area contributed by atoms with Crippen LogP contribution in [0, 0.1) is 5.92 Å². The zero-order chi connectivity index (χ0) is 15.9. The number of guanidine groups is 1. The van der Waals surface area contributed by atoms with Crippen molar-refractivity contribution in [2.45, 2.75) is 33.1 Å². The summed E-state index contributed by atoms with van der Waals surface area (Å²) in [6.45, 7) is 10.4. The SMILES string of the molecule is CCNC(=NCC(C)C)N1CCC(c2ccc(OC)cc2)C1. The monoisotopic (exact) mass is 303 g/mol. The number of hydrogen-bond acceptors (Lipinski definition) is 2. The highest BCUT2D eigenvalue weighted by atomic mass is 16.5. The molecule has 0 bridgehead atoms. The average molecular weight is 303 g/mol. The molecule has 22 heavy (non-hydrogen) atoms. The zero-order valence-electron chi connectivity index (χ0n) is 14.3. The molecule has 0 amide bonds. The number of hydrogen-bond donors (Lipinski definition) is 1. The third-order valence-electron chi connectivity index (χ3n) is 4.02. The molecule has 1 atom stereocenters. The van der Waals surface area contributed by atoms with Crippen LogP contribution in [-0.2, 0) is 0 Å². The van der Waals surface area contributed by atoms with Gasteiger partial charge in [0, 0.05) is 32.1 Å². The largest absolute Gasteiger partial charge is 0.497 e. The van der Waals surface area contributed by atoms with Crippen molar-refractivity contribution in [2.75, 3.05) is 33.3 Å². The number of benzene rings is 1. The third-order valence-corrected chi connectivity index (χ3v) is 4.02. The van der Waals surface area contributed by atoms with Crippen molar-refractivity contribution in [2.24, 2.45) is 10.9 Å². The summed E-state index contributed by atoms with van der Waals surface area (Å²) in [4.78, 5) is 7.15. The Labute approximate surface area is 134 Å². The highest BCUT2D eigenvalue weighted by molar-refractivity contribution is 5.80. The third kappa shape index (κ3) is 4.39. The molecule has 4 nitrogen and oxygen atoms in total. The number of aliphatic imine (C=N–C) groups is 1. The van der Waals surface area contributed by atoms with Gasteiger partial charge in [0.25, 0.3) is 0 Å². The molecule has 1 N–H and O–H groups in total. The summed E-state index contributed by atoms with van der Waals surface area (Å²) in [6, 6.07) is 8.47. The van der Waals surface area contributed by atoms with E-state index in [0.717, 1.165) is 37.9 Å². The molecule has 1 aromatic carbocycles. The van der Waals surface area contributed by atoms with E-state index in [1.165, 1.54) is 12.0 Å². The molecule has 0 spiro atoms. The second kappa shape index (κ2) is 8.06. The Balaban J connectivity index is 2.01. The molecule has 0 radical (unpaired) electrons. The van der Waals surface area contributed by atoms with E-state index in [4.69, 9.17) is 9.73 Å².